The lowest BCUT2D eigenvalue weighted by molar-refractivity contribution is 0.0844. The fraction of sp³-hybridized carbons (Fsp3) is 0.818. The van der Waals surface area contributed by atoms with E-state index in [4.69, 9.17) is 11.2 Å². The molecule has 0 heterocycles. The molecule has 0 spiro atoms. The molecule has 76 valence electrons. The summed E-state index contributed by atoms with van der Waals surface area (Å²) in [6.45, 7) is 6.31. The number of nitrogens with one attached hydrogen (secondary N) is 1. The van der Waals surface area contributed by atoms with E-state index in [1.807, 2.05) is 0 Å². The van der Waals surface area contributed by atoms with Crippen molar-refractivity contribution in [2.24, 2.45) is 0 Å². The van der Waals surface area contributed by atoms with Crippen molar-refractivity contribution in [3.63, 3.8) is 0 Å². The van der Waals surface area contributed by atoms with Crippen molar-refractivity contribution in [2.75, 3.05) is 7.11 Å². The average molecular weight is 183 g/mol. The van der Waals surface area contributed by atoms with Crippen LogP contribution in [0.5, 0.6) is 0 Å². The second-order valence-electron chi connectivity index (χ2n) is 3.41. The van der Waals surface area contributed by atoms with E-state index in [0.717, 1.165) is 12.8 Å². The molecule has 0 rings (SSSR count). The third-order valence-electron chi connectivity index (χ3n) is 2.43. The Kier molecular flexibility index (Phi) is 6.66. The Labute approximate surface area is 82.1 Å². The van der Waals surface area contributed by atoms with E-state index in [1.165, 1.54) is 0 Å². The van der Waals surface area contributed by atoms with Gasteiger partial charge < -0.3 is 10.1 Å². The van der Waals surface area contributed by atoms with Crippen LogP contribution in [0.3, 0.4) is 0 Å². The Morgan fingerprint density at radius 3 is 2.46 bits per heavy atom. The summed E-state index contributed by atoms with van der Waals surface area (Å²) < 4.78 is 5.22. The van der Waals surface area contributed by atoms with Crippen LogP contribution in [0.4, 0.5) is 0 Å². The third kappa shape index (κ3) is 4.92. The van der Waals surface area contributed by atoms with Crippen molar-refractivity contribution in [3.8, 4) is 12.3 Å². The van der Waals surface area contributed by atoms with E-state index in [0.29, 0.717) is 12.1 Å². The normalized spacial score (nSPS) is 17.5. The summed E-state index contributed by atoms with van der Waals surface area (Å²) in [7, 11) is 1.73. The number of terminal acetylenes is 1. The molecule has 2 heteroatoms. The minimum absolute atomic E-state index is 0.229. The molecule has 0 saturated carbocycles. The first-order valence-corrected chi connectivity index (χ1v) is 4.88. The van der Waals surface area contributed by atoms with Gasteiger partial charge in [0.05, 0.1) is 6.10 Å². The van der Waals surface area contributed by atoms with Gasteiger partial charge in [0.25, 0.3) is 0 Å². The van der Waals surface area contributed by atoms with Crippen LogP contribution in [0.1, 0.15) is 33.6 Å². The van der Waals surface area contributed by atoms with Gasteiger partial charge in [0.2, 0.25) is 0 Å². The zero-order chi connectivity index (χ0) is 10.3. The quantitative estimate of drug-likeness (QED) is 0.634. The van der Waals surface area contributed by atoms with Crippen molar-refractivity contribution in [2.45, 2.75) is 51.8 Å². The highest BCUT2D eigenvalue weighted by atomic mass is 16.5. The molecule has 0 aromatic heterocycles. The van der Waals surface area contributed by atoms with E-state index in [-0.39, 0.29) is 6.10 Å². The summed E-state index contributed by atoms with van der Waals surface area (Å²) in [5.41, 5.74) is 0. The van der Waals surface area contributed by atoms with E-state index >= 15 is 0 Å². The zero-order valence-corrected chi connectivity index (χ0v) is 9.13. The average Bonchev–Trinajstić information content (AvgIpc) is 2.15. The van der Waals surface area contributed by atoms with Gasteiger partial charge >= 0.3 is 0 Å². The molecular formula is C11H21NO. The van der Waals surface area contributed by atoms with Crippen LogP contribution in [-0.4, -0.2) is 25.3 Å². The summed E-state index contributed by atoms with van der Waals surface area (Å²) in [5.74, 6) is 2.68. The van der Waals surface area contributed by atoms with Gasteiger partial charge in [-0.1, -0.05) is 6.92 Å². The maximum absolute atomic E-state index is 5.27. The van der Waals surface area contributed by atoms with Crippen molar-refractivity contribution in [3.05, 3.63) is 0 Å². The zero-order valence-electron chi connectivity index (χ0n) is 9.13. The highest BCUT2D eigenvalue weighted by Gasteiger charge is 2.14. The molecule has 1 N–H and O–H groups in total. The molecule has 0 aliphatic carbocycles. The Bertz CT molecular complexity index is 162. The van der Waals surface area contributed by atoms with E-state index < -0.39 is 0 Å². The molecular weight excluding hydrogens is 162 g/mol. The molecule has 0 aromatic carbocycles. The molecule has 2 nitrogen and oxygen atoms in total. The van der Waals surface area contributed by atoms with E-state index in [9.17, 15) is 0 Å². The Morgan fingerprint density at radius 2 is 2.08 bits per heavy atom. The van der Waals surface area contributed by atoms with Crippen LogP contribution in [0, 0.1) is 12.3 Å². The Hall–Kier alpha value is -0.520. The van der Waals surface area contributed by atoms with Gasteiger partial charge in [-0.3, -0.25) is 0 Å². The lowest BCUT2D eigenvalue weighted by atomic mass is 10.1. The molecule has 0 aliphatic heterocycles. The van der Waals surface area contributed by atoms with Crippen molar-refractivity contribution in [1.29, 1.82) is 0 Å². The number of rotatable bonds is 6. The summed E-state index contributed by atoms with van der Waals surface area (Å²) in [6, 6.07) is 0.765. The second-order valence-corrected chi connectivity index (χ2v) is 3.41. The minimum atomic E-state index is 0.229. The van der Waals surface area contributed by atoms with Crippen LogP contribution in [-0.2, 0) is 4.74 Å². The maximum atomic E-state index is 5.27. The third-order valence-corrected chi connectivity index (χ3v) is 2.43. The van der Waals surface area contributed by atoms with Gasteiger partial charge in [-0.05, 0) is 20.3 Å². The van der Waals surface area contributed by atoms with Crippen LogP contribution >= 0.6 is 0 Å². The van der Waals surface area contributed by atoms with Gasteiger partial charge in [-0.15, -0.1) is 12.3 Å². The predicted octanol–water partition coefficient (Wildman–Crippen LogP) is 1.80. The van der Waals surface area contributed by atoms with Crippen molar-refractivity contribution >= 4 is 0 Å². The van der Waals surface area contributed by atoms with Gasteiger partial charge in [-0.2, -0.15) is 0 Å². The number of methoxy groups -OCH3 is 1. The van der Waals surface area contributed by atoms with Crippen LogP contribution in [0.25, 0.3) is 0 Å². The molecule has 0 saturated heterocycles. The molecule has 3 unspecified atom stereocenters. The summed E-state index contributed by atoms with van der Waals surface area (Å²) in [5, 5.41) is 3.45. The van der Waals surface area contributed by atoms with Crippen molar-refractivity contribution in [1.82, 2.24) is 5.32 Å². The highest BCUT2D eigenvalue weighted by Crippen LogP contribution is 2.02. The van der Waals surface area contributed by atoms with Crippen molar-refractivity contribution < 1.29 is 4.74 Å². The lowest BCUT2D eigenvalue weighted by Gasteiger charge is -2.24. The maximum Gasteiger partial charge on any atom is 0.0693 e. The molecule has 0 bridgehead atoms. The minimum Gasteiger partial charge on any atom is -0.380 e. The first-order valence-electron chi connectivity index (χ1n) is 4.88. The fourth-order valence-electron chi connectivity index (χ4n) is 1.17. The van der Waals surface area contributed by atoms with E-state index in [2.05, 4.69) is 32.0 Å². The molecule has 0 amide bonds. The fourth-order valence-corrected chi connectivity index (χ4v) is 1.17. The largest absolute Gasteiger partial charge is 0.380 e. The summed E-state index contributed by atoms with van der Waals surface area (Å²) in [4.78, 5) is 0. The monoisotopic (exact) mass is 183 g/mol. The van der Waals surface area contributed by atoms with Gasteiger partial charge in [0.1, 0.15) is 0 Å². The predicted molar refractivity (Wildman–Crippen MR) is 56.6 cm³/mol. The van der Waals surface area contributed by atoms with Crippen LogP contribution < -0.4 is 5.32 Å². The smallest absolute Gasteiger partial charge is 0.0693 e. The van der Waals surface area contributed by atoms with Crippen LogP contribution in [0.2, 0.25) is 0 Å². The number of hydrogen-bond acceptors (Lipinski definition) is 2. The molecule has 0 fully saturated rings. The Balaban J connectivity index is 3.86. The first-order chi connectivity index (χ1) is 6.15. The Morgan fingerprint density at radius 1 is 1.46 bits per heavy atom. The van der Waals surface area contributed by atoms with E-state index in [1.54, 1.807) is 7.11 Å². The SMILES string of the molecule is C#CCC(CC)NC(C)C(C)OC. The molecule has 3 atom stereocenters. The topological polar surface area (TPSA) is 21.3 Å². The van der Waals surface area contributed by atoms with Crippen LogP contribution in [0.15, 0.2) is 0 Å². The number of ether oxygens (including phenoxy) is 1. The number of hydrogen-bond donors (Lipinski definition) is 1. The second kappa shape index (κ2) is 6.94. The lowest BCUT2D eigenvalue weighted by Crippen LogP contribution is -2.42. The summed E-state index contributed by atoms with van der Waals surface area (Å²) >= 11 is 0. The molecule has 0 aliphatic rings. The molecule has 0 aromatic rings. The summed E-state index contributed by atoms with van der Waals surface area (Å²) in [6.07, 6.45) is 7.35. The van der Waals surface area contributed by atoms with Gasteiger partial charge in [0, 0.05) is 25.6 Å². The van der Waals surface area contributed by atoms with Gasteiger partial charge in [0.15, 0.2) is 0 Å². The molecule has 13 heavy (non-hydrogen) atoms. The standard InChI is InChI=1S/C11H21NO/c1-6-8-11(7-2)12-9(3)10(4)13-5/h1,9-12H,7-8H2,2-5H3. The highest BCUT2D eigenvalue weighted by molar-refractivity contribution is 4.90. The first kappa shape index (κ1) is 12.5. The molecule has 0 radical (unpaired) electrons. The van der Waals surface area contributed by atoms with Gasteiger partial charge in [-0.25, -0.2) is 0 Å².